The van der Waals surface area contributed by atoms with Crippen LogP contribution in [0.2, 0.25) is 0 Å². The number of likely N-dealkylation sites (tertiary alicyclic amines) is 2. The van der Waals surface area contributed by atoms with E-state index >= 15 is 0 Å². The minimum atomic E-state index is -0.499. The molecule has 374 valence electrons. The van der Waals surface area contributed by atoms with Crippen LogP contribution in [-0.4, -0.2) is 109 Å². The lowest BCUT2D eigenvalue weighted by Gasteiger charge is -2.40. The number of rotatable bonds is 14. The first-order chi connectivity index (χ1) is 35.7. The van der Waals surface area contributed by atoms with Crippen LogP contribution < -0.4 is 31.9 Å². The van der Waals surface area contributed by atoms with Crippen LogP contribution in [0.25, 0.3) is 44.3 Å². The molecule has 2 fully saturated rings. The highest BCUT2D eigenvalue weighted by Gasteiger charge is 2.33. The molecule has 0 aliphatic carbocycles. The van der Waals surface area contributed by atoms with Gasteiger partial charge in [-0.1, -0.05) is 49.6 Å². The predicted octanol–water partition coefficient (Wildman–Crippen LogP) is 9.88. The van der Waals surface area contributed by atoms with Crippen molar-refractivity contribution < 1.29 is 19.1 Å². The van der Waals surface area contributed by atoms with E-state index in [9.17, 15) is 14.4 Å². The van der Waals surface area contributed by atoms with Crippen LogP contribution in [0.4, 0.5) is 50.8 Å². The number of para-hydroxylation sites is 2. The molecule has 2 aliphatic heterocycles. The fourth-order valence-corrected chi connectivity index (χ4v) is 8.21. The molecule has 4 aromatic carbocycles. The van der Waals surface area contributed by atoms with Gasteiger partial charge in [-0.05, 0) is 113 Å². The maximum Gasteiger partial charge on any atom is 0.410 e. The summed E-state index contributed by atoms with van der Waals surface area (Å²) in [6.45, 7) is 15.9. The number of anilines is 8. The molecule has 6 N–H and O–H groups in total. The van der Waals surface area contributed by atoms with Gasteiger partial charge < -0.3 is 46.4 Å². The lowest BCUT2D eigenvalue weighted by Crippen LogP contribution is -2.57. The second kappa shape index (κ2) is 22.0. The summed E-state index contributed by atoms with van der Waals surface area (Å²) in [5, 5.41) is 20.8. The van der Waals surface area contributed by atoms with Crippen molar-refractivity contribution >= 4 is 85.7 Å². The number of hydrogen-bond donors (Lipinski definition) is 6. The van der Waals surface area contributed by atoms with Crippen LogP contribution in [0.15, 0.2) is 159 Å². The smallest absolute Gasteiger partial charge is 0.410 e. The first-order valence-electron chi connectivity index (χ1n) is 24.0. The molecule has 0 radical (unpaired) electrons. The summed E-state index contributed by atoms with van der Waals surface area (Å²) in [5.41, 5.74) is 9.10. The number of carbonyl (C=O) groups is 3. The Bertz CT molecular complexity index is 3350. The highest BCUT2D eigenvalue weighted by Crippen LogP contribution is 2.31. The second-order valence-corrected chi connectivity index (χ2v) is 18.8. The van der Waals surface area contributed by atoms with E-state index in [-0.39, 0.29) is 23.9 Å². The quantitative estimate of drug-likeness (QED) is 0.0559. The lowest BCUT2D eigenvalue weighted by molar-refractivity contribution is -0.112. The minimum Gasteiger partial charge on any atom is -0.444 e. The number of amides is 3. The molecule has 6 heterocycles. The zero-order valence-corrected chi connectivity index (χ0v) is 41.5. The molecule has 0 atom stereocenters. The molecule has 2 aliphatic rings. The number of benzene rings is 4. The Kier molecular flexibility index (Phi) is 14.8. The third-order valence-corrected chi connectivity index (χ3v) is 11.8. The molecule has 18 heteroatoms. The Hall–Kier alpha value is -9.29. The Morgan fingerprint density at radius 3 is 1.43 bits per heavy atom. The molecule has 18 nitrogen and oxygen atoms in total. The summed E-state index contributed by atoms with van der Waals surface area (Å²) in [5.74, 6) is 0.381. The topological polar surface area (TPSA) is 216 Å². The zero-order chi connectivity index (χ0) is 51.8. The van der Waals surface area contributed by atoms with Gasteiger partial charge >= 0.3 is 6.09 Å². The lowest BCUT2D eigenvalue weighted by atomic mass is 10.1. The molecule has 0 spiro atoms. The average Bonchev–Trinajstić information content (AvgIpc) is 3.37. The van der Waals surface area contributed by atoms with Gasteiger partial charge in [-0.25, -0.2) is 24.7 Å². The van der Waals surface area contributed by atoms with E-state index in [0.29, 0.717) is 53.8 Å². The van der Waals surface area contributed by atoms with Gasteiger partial charge in [-0.15, -0.1) is 0 Å². The van der Waals surface area contributed by atoms with Gasteiger partial charge in [0.1, 0.15) is 5.60 Å². The maximum absolute atomic E-state index is 12.1. The van der Waals surface area contributed by atoms with Crippen LogP contribution >= 0.6 is 0 Å². The molecule has 3 amide bonds. The van der Waals surface area contributed by atoms with Crippen molar-refractivity contribution in [3.05, 3.63) is 159 Å². The maximum atomic E-state index is 12.1. The highest BCUT2D eigenvalue weighted by molar-refractivity contribution is 6.01. The van der Waals surface area contributed by atoms with E-state index in [0.717, 1.165) is 68.8 Å². The van der Waals surface area contributed by atoms with Gasteiger partial charge in [-0.3, -0.25) is 19.6 Å². The first-order valence-corrected chi connectivity index (χ1v) is 24.0. The summed E-state index contributed by atoms with van der Waals surface area (Å²) >= 11 is 0. The molecule has 0 bridgehead atoms. The SMILES string of the molecule is C=CC(=O)Nc1ccnc(-c2cccc3cnc(Nc4ccc(NC5CN(C(=O)OC(C)(C)C)C5)cc4)nc23)c1.C=CC(=O)Nc1ccnc(-c2cccc3cnc(Nc4ccc(NC5CN(C)C5)cc4)nc23)c1. The van der Waals surface area contributed by atoms with Crippen molar-refractivity contribution in [3.8, 4) is 22.5 Å². The van der Waals surface area contributed by atoms with Crippen LogP contribution in [-0.2, 0) is 14.3 Å². The zero-order valence-electron chi connectivity index (χ0n) is 41.5. The number of pyridine rings is 2. The average molecular weight is 989 g/mol. The number of hydrogen-bond acceptors (Lipinski definition) is 15. The molecular weight excluding hydrogens is 933 g/mol. The molecule has 74 heavy (non-hydrogen) atoms. The van der Waals surface area contributed by atoms with E-state index < -0.39 is 5.60 Å². The molecule has 2 saturated heterocycles. The summed E-state index contributed by atoms with van der Waals surface area (Å²) < 4.78 is 5.41. The summed E-state index contributed by atoms with van der Waals surface area (Å²) in [4.78, 5) is 67.0. The summed E-state index contributed by atoms with van der Waals surface area (Å²) in [6, 6.07) is 35.4. The predicted molar refractivity (Wildman–Crippen MR) is 293 cm³/mol. The number of aromatic nitrogens is 6. The normalized spacial score (nSPS) is 13.5. The molecule has 8 aromatic rings. The van der Waals surface area contributed by atoms with Gasteiger partial charge in [-0.2, -0.15) is 0 Å². The van der Waals surface area contributed by atoms with E-state index in [2.05, 4.69) is 89.1 Å². The Labute approximate surface area is 428 Å². The third-order valence-electron chi connectivity index (χ3n) is 11.8. The number of carbonyl (C=O) groups excluding carboxylic acids is 3. The van der Waals surface area contributed by atoms with Crippen LogP contribution in [0.3, 0.4) is 0 Å². The summed E-state index contributed by atoms with van der Waals surface area (Å²) in [7, 11) is 2.12. The van der Waals surface area contributed by atoms with Crippen LogP contribution in [0, 0.1) is 0 Å². The van der Waals surface area contributed by atoms with Crippen molar-refractivity contribution in [2.45, 2.75) is 38.5 Å². The molecule has 4 aromatic heterocycles. The van der Waals surface area contributed by atoms with Crippen molar-refractivity contribution in [2.24, 2.45) is 0 Å². The van der Waals surface area contributed by atoms with Gasteiger partial charge in [0.05, 0.1) is 34.5 Å². The van der Waals surface area contributed by atoms with Gasteiger partial charge in [0.25, 0.3) is 0 Å². The monoisotopic (exact) mass is 988 g/mol. The van der Waals surface area contributed by atoms with Crippen molar-refractivity contribution in [1.82, 2.24) is 39.7 Å². The minimum absolute atomic E-state index is 0.172. The fraction of sp³-hybridized carbons (Fsp3) is 0.196. The Morgan fingerprint density at radius 1 is 0.581 bits per heavy atom. The number of fused-ring (bicyclic) bond motifs is 2. The highest BCUT2D eigenvalue weighted by atomic mass is 16.6. The van der Waals surface area contributed by atoms with E-state index in [1.54, 1.807) is 47.9 Å². The largest absolute Gasteiger partial charge is 0.444 e. The van der Waals surface area contributed by atoms with E-state index in [1.807, 2.05) is 99.6 Å². The van der Waals surface area contributed by atoms with Crippen molar-refractivity contribution in [2.75, 3.05) is 65.1 Å². The van der Waals surface area contributed by atoms with Crippen LogP contribution in [0.5, 0.6) is 0 Å². The standard InChI is InChI=1S/C30H31N7O3.C26H25N7O/c1-5-26(38)34-22-13-14-31-25(15-22)24-8-6-7-19-16-32-28(36-27(19)24)35-21-11-9-20(10-12-21)33-23-17-37(18-23)29(39)40-30(2,3)4;1-3-24(34)30-20-11-12-27-23(13-20)22-6-4-5-17-14-28-26(32-25(17)22)31-19-9-7-18(8-10-19)29-21-15-33(2)16-21/h5-16,23,33H,1,17-18H2,2-4H3,(H,31,34,38)(H,32,35,36);3-14,21,29H,1,15-16H2,2H3,(H,27,30,34)(H,28,31,32). The molecular formula is C56H56N14O4. The number of nitrogens with zero attached hydrogens (tertiary/aromatic N) is 8. The Morgan fingerprint density at radius 2 is 1.01 bits per heavy atom. The molecule has 0 saturated carbocycles. The number of ether oxygens (including phenoxy) is 1. The van der Waals surface area contributed by atoms with Gasteiger partial charge in [0.2, 0.25) is 23.7 Å². The Balaban J connectivity index is 0.000000184. The van der Waals surface area contributed by atoms with Crippen LogP contribution in [0.1, 0.15) is 20.8 Å². The second-order valence-electron chi connectivity index (χ2n) is 18.8. The fourth-order valence-electron chi connectivity index (χ4n) is 8.21. The van der Waals surface area contributed by atoms with Gasteiger partial charge in [0.15, 0.2) is 0 Å². The first kappa shape index (κ1) is 49.7. The van der Waals surface area contributed by atoms with Crippen molar-refractivity contribution in [3.63, 3.8) is 0 Å². The van der Waals surface area contributed by atoms with Gasteiger partial charge in [0, 0.05) is 107 Å². The molecule has 0 unspecified atom stereocenters. The third kappa shape index (κ3) is 12.6. The van der Waals surface area contributed by atoms with E-state index in [4.69, 9.17) is 14.7 Å². The van der Waals surface area contributed by atoms with E-state index in [1.165, 1.54) is 12.2 Å². The molecule has 10 rings (SSSR count). The van der Waals surface area contributed by atoms with Crippen molar-refractivity contribution in [1.29, 1.82) is 0 Å². The summed E-state index contributed by atoms with van der Waals surface area (Å²) in [6.07, 6.45) is 9.02. The number of likely N-dealkylation sites (N-methyl/N-ethyl adjacent to an activating group) is 1. The number of nitrogens with one attached hydrogen (secondary N) is 6.